The summed E-state index contributed by atoms with van der Waals surface area (Å²) >= 11 is 0. The molecular weight excluding hydrogens is 268 g/mol. The van der Waals surface area contributed by atoms with Crippen LogP contribution in [0.4, 0.5) is 0 Å². The molecule has 0 radical (unpaired) electrons. The zero-order valence-electron chi connectivity index (χ0n) is 12.3. The van der Waals surface area contributed by atoms with Gasteiger partial charge in [-0.25, -0.2) is 0 Å². The number of hydrogen-bond acceptors (Lipinski definition) is 4. The summed E-state index contributed by atoms with van der Waals surface area (Å²) in [4.78, 5) is 13.4. The molecule has 5 heteroatoms. The van der Waals surface area contributed by atoms with Crippen LogP contribution in [-0.4, -0.2) is 43.7 Å². The van der Waals surface area contributed by atoms with E-state index < -0.39 is 0 Å². The van der Waals surface area contributed by atoms with Gasteiger partial charge in [-0.3, -0.25) is 4.79 Å². The largest absolute Gasteiger partial charge is 0.486 e. The third kappa shape index (κ3) is 3.67. The van der Waals surface area contributed by atoms with E-state index in [9.17, 15) is 4.79 Å². The molecule has 0 spiro atoms. The van der Waals surface area contributed by atoms with E-state index in [1.807, 2.05) is 17.0 Å². The minimum atomic E-state index is 0.307. The molecule has 2 aliphatic rings. The molecule has 0 unspecified atom stereocenters. The molecule has 2 heterocycles. The van der Waals surface area contributed by atoms with Crippen LogP contribution in [0, 0.1) is 0 Å². The summed E-state index contributed by atoms with van der Waals surface area (Å²) in [6, 6.07) is 6.06. The van der Waals surface area contributed by atoms with Crippen molar-refractivity contribution in [2.75, 3.05) is 32.8 Å². The standard InChI is InChI=1S/C16H22N2O3/c19-16-3-1-7-18(16)8-2-6-17-12-13-4-5-14-15(11-13)21-10-9-20-14/h4-5,11,17H,1-3,6-10,12H2. The number of benzene rings is 1. The van der Waals surface area contributed by atoms with E-state index in [2.05, 4.69) is 11.4 Å². The van der Waals surface area contributed by atoms with Gasteiger partial charge in [0.15, 0.2) is 11.5 Å². The SMILES string of the molecule is O=C1CCCN1CCCNCc1ccc2c(c1)OCCO2. The molecule has 0 atom stereocenters. The summed E-state index contributed by atoms with van der Waals surface area (Å²) < 4.78 is 11.1. The van der Waals surface area contributed by atoms with E-state index in [1.165, 1.54) is 5.56 Å². The van der Waals surface area contributed by atoms with Crippen molar-refractivity contribution >= 4 is 5.91 Å². The lowest BCUT2D eigenvalue weighted by molar-refractivity contribution is -0.127. The molecule has 0 saturated carbocycles. The van der Waals surface area contributed by atoms with Crippen LogP contribution in [0.5, 0.6) is 11.5 Å². The molecular formula is C16H22N2O3. The lowest BCUT2D eigenvalue weighted by Gasteiger charge is -2.19. The highest BCUT2D eigenvalue weighted by molar-refractivity contribution is 5.77. The zero-order chi connectivity index (χ0) is 14.5. The van der Waals surface area contributed by atoms with Gasteiger partial charge in [-0.15, -0.1) is 0 Å². The van der Waals surface area contributed by atoms with Crippen LogP contribution in [0.2, 0.25) is 0 Å². The summed E-state index contributed by atoms with van der Waals surface area (Å²) in [6.07, 6.45) is 2.74. The fraction of sp³-hybridized carbons (Fsp3) is 0.562. The first-order chi connectivity index (χ1) is 10.3. The Morgan fingerprint density at radius 1 is 1.19 bits per heavy atom. The van der Waals surface area contributed by atoms with Crippen LogP contribution in [0.15, 0.2) is 18.2 Å². The van der Waals surface area contributed by atoms with Crippen LogP contribution >= 0.6 is 0 Å². The fourth-order valence-corrected chi connectivity index (χ4v) is 2.77. The van der Waals surface area contributed by atoms with Crippen LogP contribution < -0.4 is 14.8 Å². The summed E-state index contributed by atoms with van der Waals surface area (Å²) in [5, 5.41) is 3.41. The number of fused-ring (bicyclic) bond motifs is 1. The van der Waals surface area contributed by atoms with Gasteiger partial charge in [-0.2, -0.15) is 0 Å². The number of hydrogen-bond donors (Lipinski definition) is 1. The number of likely N-dealkylation sites (tertiary alicyclic amines) is 1. The molecule has 1 aromatic carbocycles. The Kier molecular flexibility index (Phi) is 4.60. The molecule has 0 bridgehead atoms. The first kappa shape index (κ1) is 14.2. The molecule has 5 nitrogen and oxygen atoms in total. The smallest absolute Gasteiger partial charge is 0.222 e. The molecule has 0 aromatic heterocycles. The summed E-state index contributed by atoms with van der Waals surface area (Å²) in [5.74, 6) is 1.97. The second-order valence-electron chi connectivity index (χ2n) is 5.49. The van der Waals surface area contributed by atoms with Crippen molar-refractivity contribution in [2.24, 2.45) is 0 Å². The average Bonchev–Trinajstić information content (AvgIpc) is 2.92. The fourth-order valence-electron chi connectivity index (χ4n) is 2.77. The van der Waals surface area contributed by atoms with Crippen LogP contribution in [0.25, 0.3) is 0 Å². The molecule has 114 valence electrons. The third-order valence-corrected chi connectivity index (χ3v) is 3.89. The van der Waals surface area contributed by atoms with Crippen molar-refractivity contribution in [3.8, 4) is 11.5 Å². The number of nitrogens with zero attached hydrogens (tertiary/aromatic N) is 1. The number of rotatable bonds is 6. The van der Waals surface area contributed by atoms with Crippen LogP contribution in [-0.2, 0) is 11.3 Å². The van der Waals surface area contributed by atoms with Crippen molar-refractivity contribution < 1.29 is 14.3 Å². The van der Waals surface area contributed by atoms with E-state index in [0.29, 0.717) is 19.1 Å². The Hall–Kier alpha value is -1.75. The molecule has 1 saturated heterocycles. The van der Waals surface area contributed by atoms with Crippen LogP contribution in [0.3, 0.4) is 0 Å². The predicted octanol–water partition coefficient (Wildman–Crippen LogP) is 1.56. The maximum Gasteiger partial charge on any atom is 0.222 e. The maximum absolute atomic E-state index is 11.5. The minimum absolute atomic E-state index is 0.307. The van der Waals surface area contributed by atoms with Gasteiger partial charge in [-0.1, -0.05) is 6.07 Å². The zero-order valence-corrected chi connectivity index (χ0v) is 12.3. The summed E-state index contributed by atoms with van der Waals surface area (Å²) in [7, 11) is 0. The number of carbonyl (C=O) groups is 1. The Morgan fingerprint density at radius 3 is 2.86 bits per heavy atom. The Labute approximate surface area is 125 Å². The quantitative estimate of drug-likeness (QED) is 0.808. The van der Waals surface area contributed by atoms with Crippen molar-refractivity contribution in [2.45, 2.75) is 25.8 Å². The Morgan fingerprint density at radius 2 is 2.05 bits per heavy atom. The molecule has 0 aliphatic carbocycles. The number of carbonyl (C=O) groups excluding carboxylic acids is 1. The van der Waals surface area contributed by atoms with Crippen molar-refractivity contribution in [1.29, 1.82) is 0 Å². The number of nitrogens with one attached hydrogen (secondary N) is 1. The highest BCUT2D eigenvalue weighted by Crippen LogP contribution is 2.30. The van der Waals surface area contributed by atoms with Gasteiger partial charge in [0.25, 0.3) is 0 Å². The van der Waals surface area contributed by atoms with Gasteiger partial charge in [0.05, 0.1) is 0 Å². The Bertz CT molecular complexity index is 504. The summed E-state index contributed by atoms with van der Waals surface area (Å²) in [5.41, 5.74) is 1.19. The summed E-state index contributed by atoms with van der Waals surface area (Å²) in [6.45, 7) is 4.77. The molecule has 1 amide bonds. The molecule has 1 aromatic rings. The minimum Gasteiger partial charge on any atom is -0.486 e. The average molecular weight is 290 g/mol. The topological polar surface area (TPSA) is 50.8 Å². The van der Waals surface area contributed by atoms with Gasteiger partial charge in [0.1, 0.15) is 13.2 Å². The van der Waals surface area contributed by atoms with Gasteiger partial charge >= 0.3 is 0 Å². The number of amides is 1. The van der Waals surface area contributed by atoms with Gasteiger partial charge in [0, 0.05) is 26.1 Å². The molecule has 2 aliphatic heterocycles. The first-order valence-corrected chi connectivity index (χ1v) is 7.70. The predicted molar refractivity (Wildman–Crippen MR) is 79.6 cm³/mol. The van der Waals surface area contributed by atoms with Crippen molar-refractivity contribution in [1.82, 2.24) is 10.2 Å². The van der Waals surface area contributed by atoms with E-state index >= 15 is 0 Å². The second-order valence-corrected chi connectivity index (χ2v) is 5.49. The lowest BCUT2D eigenvalue weighted by atomic mass is 10.2. The highest BCUT2D eigenvalue weighted by Gasteiger charge is 2.18. The van der Waals surface area contributed by atoms with Gasteiger partial charge < -0.3 is 19.7 Å². The highest BCUT2D eigenvalue weighted by atomic mass is 16.6. The van der Waals surface area contributed by atoms with Gasteiger partial charge in [0.2, 0.25) is 5.91 Å². The Balaban J connectivity index is 1.38. The normalized spacial score (nSPS) is 17.3. The third-order valence-electron chi connectivity index (χ3n) is 3.89. The van der Waals surface area contributed by atoms with E-state index in [4.69, 9.17) is 9.47 Å². The van der Waals surface area contributed by atoms with Crippen molar-refractivity contribution in [3.05, 3.63) is 23.8 Å². The van der Waals surface area contributed by atoms with Crippen LogP contribution in [0.1, 0.15) is 24.8 Å². The van der Waals surface area contributed by atoms with Gasteiger partial charge in [-0.05, 0) is 37.1 Å². The van der Waals surface area contributed by atoms with E-state index in [0.717, 1.165) is 56.9 Å². The van der Waals surface area contributed by atoms with Crippen molar-refractivity contribution in [3.63, 3.8) is 0 Å². The molecule has 21 heavy (non-hydrogen) atoms. The second kappa shape index (κ2) is 6.80. The lowest BCUT2D eigenvalue weighted by Crippen LogP contribution is -2.28. The molecule has 3 rings (SSSR count). The van der Waals surface area contributed by atoms with E-state index in [1.54, 1.807) is 0 Å². The first-order valence-electron chi connectivity index (χ1n) is 7.70. The maximum atomic E-state index is 11.5. The number of ether oxygens (including phenoxy) is 2. The molecule has 1 fully saturated rings. The monoisotopic (exact) mass is 290 g/mol. The van der Waals surface area contributed by atoms with E-state index in [-0.39, 0.29) is 0 Å². The molecule has 1 N–H and O–H groups in total.